The summed E-state index contributed by atoms with van der Waals surface area (Å²) in [6.07, 6.45) is 10.2. The average Bonchev–Trinajstić information content (AvgIpc) is 3.66. The second kappa shape index (κ2) is 15.7. The van der Waals surface area contributed by atoms with Gasteiger partial charge >= 0.3 is 14.2 Å². The molecule has 0 radical (unpaired) electrons. The number of hydrogen-bond donors (Lipinski definition) is 0. The molecule has 4 aromatic carbocycles. The normalized spacial score (nSPS) is 19.5. The van der Waals surface area contributed by atoms with Gasteiger partial charge in [0.05, 0.1) is 34.4 Å². The van der Waals surface area contributed by atoms with Gasteiger partial charge in [-0.15, -0.1) is 0 Å². The van der Waals surface area contributed by atoms with E-state index in [9.17, 15) is 0 Å². The van der Waals surface area contributed by atoms with Crippen LogP contribution in [0.25, 0.3) is 11.1 Å². The summed E-state index contributed by atoms with van der Waals surface area (Å²) >= 11 is 0. The third kappa shape index (κ3) is 7.56. The lowest BCUT2D eigenvalue weighted by atomic mass is 9.63. The molecule has 1 aliphatic carbocycles. The van der Waals surface area contributed by atoms with E-state index in [1.807, 2.05) is 0 Å². The van der Waals surface area contributed by atoms with Crippen LogP contribution in [-0.4, -0.2) is 43.2 Å². The third-order valence-corrected chi connectivity index (χ3v) is 13.9. The molecule has 57 heavy (non-hydrogen) atoms. The van der Waals surface area contributed by atoms with Crippen LogP contribution in [0, 0.1) is 20.8 Å². The summed E-state index contributed by atoms with van der Waals surface area (Å²) < 4.78 is 33.2. The first-order valence-electron chi connectivity index (χ1n) is 21.7. The number of fused-ring (bicyclic) bond motifs is 3. The molecule has 2 saturated heterocycles. The molecular formula is C50H66B2O5. The Morgan fingerprint density at radius 1 is 0.491 bits per heavy atom. The molecule has 302 valence electrons. The molecule has 5 nitrogen and oxygen atoms in total. The van der Waals surface area contributed by atoms with Crippen molar-refractivity contribution in [1.82, 2.24) is 0 Å². The molecule has 0 atom stereocenters. The number of rotatable bonds is 14. The number of unbranched alkanes of at least 4 members (excludes halogenated alkanes) is 7. The summed E-state index contributed by atoms with van der Waals surface area (Å²) in [6, 6.07) is 27.4. The number of aryl methyl sites for hydroxylation is 3. The topological polar surface area (TPSA) is 46.2 Å². The molecule has 7 heteroatoms. The standard InChI is InChI=1S/C50H66B2O5/c1-13-14-15-16-17-18-19-20-29-53-45-28-23-37(31-36(45)4)50(42-30-34(2)21-22-35(42)3)43-32-38(51-54-46(5,6)47(7,8)55-51)24-26-40(43)41-27-25-39(33-44(41)50)52-56-48(9,10)49(11,12)57-52/h21-28,30-33H,13-20,29H2,1-12H3. The lowest BCUT2D eigenvalue weighted by molar-refractivity contribution is 0.00578. The Hall–Kier alpha value is -3.35. The van der Waals surface area contributed by atoms with E-state index in [2.05, 4.69) is 156 Å². The SMILES string of the molecule is CCCCCCCCCCOc1ccc(C2(c3cc(C)ccc3C)c3cc(B4OC(C)(C)C(C)(C)O4)ccc3-c3ccc(B4OC(C)(C)C(C)(C)O4)cc32)cc1C. The maximum Gasteiger partial charge on any atom is 0.494 e. The first kappa shape index (κ1) is 41.8. The minimum absolute atomic E-state index is 0.455. The Kier molecular flexibility index (Phi) is 11.5. The molecule has 2 fully saturated rings. The molecule has 3 aliphatic rings. The van der Waals surface area contributed by atoms with Crippen LogP contribution in [0.2, 0.25) is 0 Å². The van der Waals surface area contributed by atoms with Crippen LogP contribution in [-0.2, 0) is 24.0 Å². The molecule has 0 saturated carbocycles. The second-order valence-electron chi connectivity index (χ2n) is 19.2. The molecule has 4 aromatic rings. The second-order valence-corrected chi connectivity index (χ2v) is 19.2. The van der Waals surface area contributed by atoms with Crippen LogP contribution in [0.4, 0.5) is 0 Å². The first-order chi connectivity index (χ1) is 26.9. The van der Waals surface area contributed by atoms with Gasteiger partial charge < -0.3 is 23.4 Å². The highest BCUT2D eigenvalue weighted by Gasteiger charge is 2.55. The lowest BCUT2D eigenvalue weighted by Gasteiger charge is -2.36. The van der Waals surface area contributed by atoms with Gasteiger partial charge in [0.2, 0.25) is 0 Å². The maximum absolute atomic E-state index is 6.68. The van der Waals surface area contributed by atoms with Crippen molar-refractivity contribution in [2.24, 2.45) is 0 Å². The summed E-state index contributed by atoms with van der Waals surface area (Å²) in [5.74, 6) is 0.952. The van der Waals surface area contributed by atoms with E-state index < -0.39 is 42.1 Å². The summed E-state index contributed by atoms with van der Waals surface area (Å²) in [5.41, 5.74) is 10.4. The summed E-state index contributed by atoms with van der Waals surface area (Å²) in [7, 11) is -0.982. The monoisotopic (exact) mass is 769 g/mol. The minimum Gasteiger partial charge on any atom is -0.493 e. The predicted molar refractivity (Wildman–Crippen MR) is 237 cm³/mol. The fourth-order valence-electron chi connectivity index (χ4n) is 8.97. The van der Waals surface area contributed by atoms with Crippen molar-refractivity contribution in [3.63, 3.8) is 0 Å². The highest BCUT2D eigenvalue weighted by atomic mass is 16.7. The summed E-state index contributed by atoms with van der Waals surface area (Å²) in [5, 5.41) is 0. The molecule has 0 spiro atoms. The Bertz CT molecular complexity index is 1980. The van der Waals surface area contributed by atoms with Crippen LogP contribution in [0.5, 0.6) is 5.75 Å². The van der Waals surface area contributed by atoms with Crippen LogP contribution in [0.15, 0.2) is 72.8 Å². The van der Waals surface area contributed by atoms with Gasteiger partial charge in [0.1, 0.15) is 5.75 Å². The Morgan fingerprint density at radius 2 is 0.982 bits per heavy atom. The van der Waals surface area contributed by atoms with E-state index in [4.69, 9.17) is 23.4 Å². The molecule has 0 N–H and O–H groups in total. The zero-order chi connectivity index (χ0) is 41.0. The molecule has 2 aliphatic heterocycles. The Labute approximate surface area is 344 Å². The van der Waals surface area contributed by atoms with Crippen LogP contribution in [0.3, 0.4) is 0 Å². The fraction of sp³-hybridized carbons (Fsp3) is 0.520. The Morgan fingerprint density at radius 3 is 1.47 bits per heavy atom. The molecule has 0 bridgehead atoms. The molecule has 0 amide bonds. The van der Waals surface area contributed by atoms with Gasteiger partial charge in [-0.1, -0.05) is 124 Å². The van der Waals surface area contributed by atoms with E-state index in [-0.39, 0.29) is 0 Å². The summed E-state index contributed by atoms with van der Waals surface area (Å²) in [4.78, 5) is 0. The van der Waals surface area contributed by atoms with E-state index in [0.29, 0.717) is 0 Å². The van der Waals surface area contributed by atoms with Gasteiger partial charge in [-0.05, 0) is 144 Å². The minimum atomic E-state index is -0.666. The molecule has 0 unspecified atom stereocenters. The number of hydrogen-bond acceptors (Lipinski definition) is 5. The quantitative estimate of drug-likeness (QED) is 0.0832. The zero-order valence-electron chi connectivity index (χ0n) is 37.0. The first-order valence-corrected chi connectivity index (χ1v) is 21.7. The van der Waals surface area contributed by atoms with Gasteiger partial charge in [-0.3, -0.25) is 0 Å². The van der Waals surface area contributed by atoms with Crippen molar-refractivity contribution in [3.05, 3.63) is 112 Å². The molecular weight excluding hydrogens is 702 g/mol. The largest absolute Gasteiger partial charge is 0.494 e. The van der Waals surface area contributed by atoms with Crippen molar-refractivity contribution in [1.29, 1.82) is 0 Å². The van der Waals surface area contributed by atoms with E-state index in [0.717, 1.165) is 35.3 Å². The Balaban J connectivity index is 1.35. The molecule has 2 heterocycles. The van der Waals surface area contributed by atoms with Gasteiger partial charge in [0.15, 0.2) is 0 Å². The van der Waals surface area contributed by atoms with Gasteiger partial charge in [-0.2, -0.15) is 0 Å². The highest BCUT2D eigenvalue weighted by molar-refractivity contribution is 6.62. The van der Waals surface area contributed by atoms with Crippen molar-refractivity contribution in [2.45, 2.75) is 162 Å². The van der Waals surface area contributed by atoms with Crippen molar-refractivity contribution in [2.75, 3.05) is 6.61 Å². The summed E-state index contributed by atoms with van der Waals surface area (Å²) in [6.45, 7) is 26.6. The zero-order valence-corrected chi connectivity index (χ0v) is 37.0. The van der Waals surface area contributed by atoms with E-state index in [1.54, 1.807) is 0 Å². The molecule has 7 rings (SSSR count). The fourth-order valence-corrected chi connectivity index (χ4v) is 8.97. The number of benzene rings is 4. The van der Waals surface area contributed by atoms with Gasteiger partial charge in [0.25, 0.3) is 0 Å². The predicted octanol–water partition coefficient (Wildman–Crippen LogP) is 11.1. The van der Waals surface area contributed by atoms with Crippen LogP contribution >= 0.6 is 0 Å². The third-order valence-electron chi connectivity index (χ3n) is 13.9. The maximum atomic E-state index is 6.68. The smallest absolute Gasteiger partial charge is 0.493 e. The average molecular weight is 769 g/mol. The van der Waals surface area contributed by atoms with Crippen molar-refractivity contribution < 1.29 is 23.4 Å². The molecule has 0 aromatic heterocycles. The highest BCUT2D eigenvalue weighted by Crippen LogP contribution is 2.57. The van der Waals surface area contributed by atoms with Gasteiger partial charge in [-0.25, -0.2) is 0 Å². The van der Waals surface area contributed by atoms with Crippen molar-refractivity contribution in [3.8, 4) is 16.9 Å². The lowest BCUT2D eigenvalue weighted by Crippen LogP contribution is -2.41. The van der Waals surface area contributed by atoms with Gasteiger partial charge in [0, 0.05) is 0 Å². The van der Waals surface area contributed by atoms with Crippen LogP contribution < -0.4 is 15.7 Å². The van der Waals surface area contributed by atoms with Crippen LogP contribution in [0.1, 0.15) is 153 Å². The number of ether oxygens (including phenoxy) is 1. The van der Waals surface area contributed by atoms with E-state index >= 15 is 0 Å². The van der Waals surface area contributed by atoms with Crippen molar-refractivity contribution >= 4 is 25.2 Å². The van der Waals surface area contributed by atoms with E-state index in [1.165, 1.54) is 89.5 Å².